The number of imide groups is 1. The second kappa shape index (κ2) is 7.35. The predicted molar refractivity (Wildman–Crippen MR) is 122 cm³/mol. The van der Waals surface area contributed by atoms with Crippen molar-refractivity contribution in [3.05, 3.63) is 106 Å². The van der Waals surface area contributed by atoms with E-state index in [0.717, 1.165) is 10.0 Å². The first-order valence-corrected chi connectivity index (χ1v) is 10.2. The molecule has 5 rings (SSSR count). The number of amides is 2. The molecule has 0 aliphatic carbocycles. The summed E-state index contributed by atoms with van der Waals surface area (Å²) in [4.78, 5) is 32.7. The van der Waals surface area contributed by atoms with E-state index in [1.807, 2.05) is 72.8 Å². The van der Waals surface area contributed by atoms with Gasteiger partial charge in [-0.1, -0.05) is 70.5 Å². The first kappa shape index (κ1) is 18.5. The van der Waals surface area contributed by atoms with Crippen LogP contribution in [0, 0.1) is 0 Å². The minimum Gasteiger partial charge on any atom is -0.268 e. The summed E-state index contributed by atoms with van der Waals surface area (Å²) < 4.78 is 0.824. The van der Waals surface area contributed by atoms with Gasteiger partial charge in [0.2, 0.25) is 0 Å². The van der Waals surface area contributed by atoms with E-state index in [9.17, 15) is 9.59 Å². The van der Waals surface area contributed by atoms with Crippen LogP contribution >= 0.6 is 15.9 Å². The number of benzene rings is 3. The van der Waals surface area contributed by atoms with Gasteiger partial charge in [0.05, 0.1) is 28.0 Å². The lowest BCUT2D eigenvalue weighted by Crippen LogP contribution is -2.29. The fraction of sp³-hybridized carbons (Fsp3) is 0. The molecule has 0 fully saturated rings. The smallest absolute Gasteiger partial charge is 0.268 e. The van der Waals surface area contributed by atoms with E-state index in [4.69, 9.17) is 4.98 Å². The number of pyridine rings is 1. The lowest BCUT2D eigenvalue weighted by atomic mass is 10.0. The summed E-state index contributed by atoms with van der Waals surface area (Å²) in [6, 6.07) is 24.3. The Kier molecular flexibility index (Phi) is 4.52. The van der Waals surface area contributed by atoms with Crippen molar-refractivity contribution in [2.75, 3.05) is 4.90 Å². The molecule has 0 saturated heterocycles. The molecular formula is C25H15BrN2O2. The minimum absolute atomic E-state index is 0.332. The van der Waals surface area contributed by atoms with Gasteiger partial charge in [-0.05, 0) is 42.0 Å². The third-order valence-electron chi connectivity index (χ3n) is 5.06. The van der Waals surface area contributed by atoms with E-state index >= 15 is 0 Å². The monoisotopic (exact) mass is 454 g/mol. The molecule has 4 aromatic rings. The standard InChI is InChI=1S/C25H15BrN2O2/c26-17-12-14-20-19(15-17)22-23(21(27-20)13-11-16-7-3-1-4-8-16)25(30)28(24(22)29)18-9-5-2-6-10-18/h1-15H/b13-11+. The van der Waals surface area contributed by atoms with Crippen LogP contribution in [0.5, 0.6) is 0 Å². The zero-order valence-electron chi connectivity index (χ0n) is 15.7. The van der Waals surface area contributed by atoms with Crippen molar-refractivity contribution in [1.29, 1.82) is 0 Å². The van der Waals surface area contributed by atoms with Crippen LogP contribution in [0.3, 0.4) is 0 Å². The van der Waals surface area contributed by atoms with Crippen LogP contribution in [0.15, 0.2) is 83.3 Å². The van der Waals surface area contributed by atoms with Crippen molar-refractivity contribution in [3.63, 3.8) is 0 Å². The average Bonchev–Trinajstić information content (AvgIpc) is 3.04. The van der Waals surface area contributed by atoms with Gasteiger partial charge < -0.3 is 0 Å². The number of hydrogen-bond donors (Lipinski definition) is 0. The first-order valence-electron chi connectivity index (χ1n) is 9.44. The molecule has 1 aromatic heterocycles. The fourth-order valence-electron chi connectivity index (χ4n) is 3.68. The van der Waals surface area contributed by atoms with E-state index < -0.39 is 0 Å². The Morgan fingerprint density at radius 3 is 2.17 bits per heavy atom. The lowest BCUT2D eigenvalue weighted by molar-refractivity contribution is 0.0926. The number of halogens is 1. The summed E-state index contributed by atoms with van der Waals surface area (Å²) in [5.41, 5.74) is 3.41. The first-order chi connectivity index (χ1) is 14.6. The van der Waals surface area contributed by atoms with Gasteiger partial charge in [-0.25, -0.2) is 9.88 Å². The number of nitrogens with zero attached hydrogens (tertiary/aromatic N) is 2. The van der Waals surface area contributed by atoms with Crippen molar-refractivity contribution >= 4 is 56.5 Å². The van der Waals surface area contributed by atoms with Crippen molar-refractivity contribution in [1.82, 2.24) is 4.98 Å². The molecule has 144 valence electrons. The molecular weight excluding hydrogens is 440 g/mol. The highest BCUT2D eigenvalue weighted by atomic mass is 79.9. The van der Waals surface area contributed by atoms with Crippen molar-refractivity contribution in [3.8, 4) is 0 Å². The molecule has 30 heavy (non-hydrogen) atoms. The Bertz CT molecular complexity index is 1330. The van der Waals surface area contributed by atoms with Crippen LogP contribution in [0.1, 0.15) is 32.0 Å². The number of carbonyl (C=O) groups excluding carboxylic acids is 2. The number of carbonyl (C=O) groups is 2. The van der Waals surface area contributed by atoms with Crippen molar-refractivity contribution < 1.29 is 9.59 Å². The maximum Gasteiger partial charge on any atom is 0.268 e. The van der Waals surface area contributed by atoms with Crippen molar-refractivity contribution in [2.45, 2.75) is 0 Å². The Morgan fingerprint density at radius 2 is 1.43 bits per heavy atom. The van der Waals surface area contributed by atoms with Gasteiger partial charge in [0.15, 0.2) is 0 Å². The summed E-state index contributed by atoms with van der Waals surface area (Å²) in [6.07, 6.45) is 3.70. The third kappa shape index (κ3) is 3.04. The molecule has 2 heterocycles. The van der Waals surface area contributed by atoms with Crippen LogP contribution in [0.4, 0.5) is 5.69 Å². The van der Waals surface area contributed by atoms with Gasteiger partial charge in [0, 0.05) is 9.86 Å². The fourth-order valence-corrected chi connectivity index (χ4v) is 4.04. The zero-order chi connectivity index (χ0) is 20.7. The maximum absolute atomic E-state index is 13.4. The number of fused-ring (bicyclic) bond motifs is 3. The van der Waals surface area contributed by atoms with E-state index in [0.29, 0.717) is 33.4 Å². The molecule has 0 saturated carbocycles. The van der Waals surface area contributed by atoms with E-state index in [-0.39, 0.29) is 11.8 Å². The Balaban J connectivity index is 1.74. The second-order valence-electron chi connectivity index (χ2n) is 6.93. The molecule has 1 aliphatic heterocycles. The maximum atomic E-state index is 13.4. The Labute approximate surface area is 181 Å². The zero-order valence-corrected chi connectivity index (χ0v) is 17.3. The van der Waals surface area contributed by atoms with Gasteiger partial charge >= 0.3 is 0 Å². The Hall–Kier alpha value is -3.57. The SMILES string of the molecule is O=C1c2c(/C=C/c3ccccc3)nc3ccc(Br)cc3c2C(=O)N1c1ccccc1. The minimum atomic E-state index is -0.358. The van der Waals surface area contributed by atoms with Crippen LogP contribution < -0.4 is 4.90 Å². The van der Waals surface area contributed by atoms with Crippen LogP contribution in [0.2, 0.25) is 0 Å². The van der Waals surface area contributed by atoms with Crippen LogP contribution in [-0.2, 0) is 0 Å². The van der Waals surface area contributed by atoms with Crippen LogP contribution in [0.25, 0.3) is 23.1 Å². The van der Waals surface area contributed by atoms with E-state index in [1.54, 1.807) is 18.2 Å². The average molecular weight is 455 g/mol. The number of aromatic nitrogens is 1. The molecule has 0 N–H and O–H groups in total. The quantitative estimate of drug-likeness (QED) is 0.358. The normalized spacial score (nSPS) is 13.4. The number of hydrogen-bond acceptors (Lipinski definition) is 3. The van der Waals surface area contributed by atoms with Gasteiger partial charge in [-0.3, -0.25) is 9.59 Å². The summed E-state index contributed by atoms with van der Waals surface area (Å²) in [5.74, 6) is -0.690. The van der Waals surface area contributed by atoms with Crippen molar-refractivity contribution in [2.24, 2.45) is 0 Å². The number of anilines is 1. The number of para-hydroxylation sites is 1. The van der Waals surface area contributed by atoms with Gasteiger partial charge in [0.25, 0.3) is 11.8 Å². The van der Waals surface area contributed by atoms with E-state index in [2.05, 4.69) is 15.9 Å². The molecule has 3 aromatic carbocycles. The lowest BCUT2D eigenvalue weighted by Gasteiger charge is -2.13. The highest BCUT2D eigenvalue weighted by Gasteiger charge is 2.40. The van der Waals surface area contributed by atoms with Gasteiger partial charge in [-0.2, -0.15) is 0 Å². The number of rotatable bonds is 3. The van der Waals surface area contributed by atoms with Gasteiger partial charge in [-0.15, -0.1) is 0 Å². The third-order valence-corrected chi connectivity index (χ3v) is 5.55. The van der Waals surface area contributed by atoms with E-state index in [1.165, 1.54) is 4.90 Å². The topological polar surface area (TPSA) is 50.3 Å². The largest absolute Gasteiger partial charge is 0.268 e. The summed E-state index contributed by atoms with van der Waals surface area (Å²) >= 11 is 3.46. The van der Waals surface area contributed by atoms with Crippen LogP contribution in [-0.4, -0.2) is 16.8 Å². The molecule has 0 radical (unpaired) electrons. The highest BCUT2D eigenvalue weighted by molar-refractivity contribution is 9.10. The molecule has 0 unspecified atom stereocenters. The molecule has 5 heteroatoms. The highest BCUT2D eigenvalue weighted by Crippen LogP contribution is 2.36. The molecule has 0 spiro atoms. The van der Waals surface area contributed by atoms with Gasteiger partial charge in [0.1, 0.15) is 0 Å². The second-order valence-corrected chi connectivity index (χ2v) is 7.85. The Morgan fingerprint density at radius 1 is 0.767 bits per heavy atom. The molecule has 4 nitrogen and oxygen atoms in total. The summed E-state index contributed by atoms with van der Waals surface area (Å²) in [6.45, 7) is 0. The summed E-state index contributed by atoms with van der Waals surface area (Å²) in [5, 5.41) is 0.660. The summed E-state index contributed by atoms with van der Waals surface area (Å²) in [7, 11) is 0. The molecule has 2 amide bonds. The molecule has 0 bridgehead atoms. The molecule has 1 aliphatic rings. The molecule has 0 atom stereocenters. The predicted octanol–water partition coefficient (Wildman–Crippen LogP) is 5.97.